The monoisotopic (exact) mass is 399 g/mol. The van der Waals surface area contributed by atoms with Gasteiger partial charge in [-0.3, -0.25) is 15.1 Å². The summed E-state index contributed by atoms with van der Waals surface area (Å²) in [5, 5.41) is 3.07. The molecule has 2 fully saturated rings. The normalized spacial score (nSPS) is 28.4. The van der Waals surface area contributed by atoms with E-state index in [0.29, 0.717) is 18.6 Å². The number of amidine groups is 1. The van der Waals surface area contributed by atoms with Gasteiger partial charge in [-0.25, -0.2) is 14.8 Å². The van der Waals surface area contributed by atoms with Gasteiger partial charge in [-0.05, 0) is 18.8 Å². The third kappa shape index (κ3) is 3.53. The van der Waals surface area contributed by atoms with E-state index in [1.54, 1.807) is 4.90 Å². The van der Waals surface area contributed by atoms with Crippen molar-refractivity contribution in [3.63, 3.8) is 0 Å². The second kappa shape index (κ2) is 7.46. The summed E-state index contributed by atoms with van der Waals surface area (Å²) < 4.78 is 7.53. The number of fused-ring (bicyclic) bond motifs is 1. The Morgan fingerprint density at radius 2 is 2.10 bits per heavy atom. The Labute approximate surface area is 171 Å². The van der Waals surface area contributed by atoms with Gasteiger partial charge in [-0.2, -0.15) is 0 Å². The number of carbonyl (C=O) groups excluding carboxylic acids is 1. The highest BCUT2D eigenvalue weighted by atomic mass is 16.5. The first kappa shape index (κ1) is 18.6. The molecule has 0 spiro atoms. The molecule has 0 saturated carbocycles. The molecular weight excluding hydrogens is 370 g/mol. The maximum absolute atomic E-state index is 12.8. The molecule has 5 rings (SSSR count). The van der Waals surface area contributed by atoms with E-state index in [0.717, 1.165) is 63.2 Å². The van der Waals surface area contributed by atoms with Crippen LogP contribution in [0.4, 0.5) is 4.79 Å². The molecule has 9 heteroatoms. The van der Waals surface area contributed by atoms with E-state index in [9.17, 15) is 4.79 Å². The number of aromatic nitrogens is 2. The maximum Gasteiger partial charge on any atom is 0.329 e. The topological polar surface area (TPSA) is 78.2 Å². The number of urea groups is 1. The van der Waals surface area contributed by atoms with Crippen molar-refractivity contribution < 1.29 is 9.53 Å². The Hall–Kier alpha value is -2.39. The van der Waals surface area contributed by atoms with Crippen molar-refractivity contribution in [2.45, 2.75) is 32.4 Å². The number of nitrogens with zero attached hydrogens (tertiary/aromatic N) is 6. The Bertz CT molecular complexity index is 842. The number of rotatable bonds is 4. The Balaban J connectivity index is 1.30. The molecule has 0 aliphatic carbocycles. The third-order valence-electron chi connectivity index (χ3n) is 6.56. The number of nitrogens with one attached hydrogen (secondary N) is 1. The fourth-order valence-corrected chi connectivity index (χ4v) is 4.79. The third-order valence-corrected chi connectivity index (χ3v) is 6.56. The van der Waals surface area contributed by atoms with Gasteiger partial charge >= 0.3 is 6.03 Å². The molecule has 2 atom stereocenters. The summed E-state index contributed by atoms with van der Waals surface area (Å²) in [6.07, 6.45) is 7.86. The summed E-state index contributed by atoms with van der Waals surface area (Å²) in [6.45, 7) is 7.06. The lowest BCUT2D eigenvalue weighted by atomic mass is 9.96. The molecule has 0 radical (unpaired) electrons. The van der Waals surface area contributed by atoms with Gasteiger partial charge in [0.1, 0.15) is 18.3 Å². The number of carbonyl (C=O) groups is 1. The fraction of sp³-hybridized carbons (Fsp3) is 0.650. The molecule has 156 valence electrons. The molecule has 1 aromatic heterocycles. The van der Waals surface area contributed by atoms with Crippen LogP contribution in [0.2, 0.25) is 0 Å². The summed E-state index contributed by atoms with van der Waals surface area (Å²) in [4.78, 5) is 28.5. The van der Waals surface area contributed by atoms with E-state index in [-0.39, 0.29) is 11.9 Å². The van der Waals surface area contributed by atoms with Crippen LogP contribution in [0.5, 0.6) is 0 Å². The largest absolute Gasteiger partial charge is 0.381 e. The quantitative estimate of drug-likeness (QED) is 0.822. The second-order valence-corrected chi connectivity index (χ2v) is 8.57. The van der Waals surface area contributed by atoms with Crippen LogP contribution in [0.3, 0.4) is 0 Å². The van der Waals surface area contributed by atoms with Crippen LogP contribution in [-0.2, 0) is 18.3 Å². The number of imidazole rings is 1. The average molecular weight is 399 g/mol. The smallest absolute Gasteiger partial charge is 0.329 e. The molecule has 1 N–H and O–H groups in total. The van der Waals surface area contributed by atoms with Gasteiger partial charge < -0.3 is 14.2 Å². The number of hydrogen-bond donors (Lipinski definition) is 1. The number of hydrogen-bond acceptors (Lipinski definition) is 6. The number of ether oxygens (including phenoxy) is 1. The second-order valence-electron chi connectivity index (χ2n) is 8.57. The van der Waals surface area contributed by atoms with E-state index in [2.05, 4.69) is 37.8 Å². The van der Waals surface area contributed by atoms with Crippen LogP contribution in [0.15, 0.2) is 29.4 Å². The zero-order valence-electron chi connectivity index (χ0n) is 17.1. The lowest BCUT2D eigenvalue weighted by molar-refractivity contribution is 0.0459. The molecule has 2 unspecified atom stereocenters. The van der Waals surface area contributed by atoms with Crippen LogP contribution in [-0.4, -0.2) is 75.1 Å². The minimum atomic E-state index is -0.0643. The predicted molar refractivity (Wildman–Crippen MR) is 108 cm³/mol. The van der Waals surface area contributed by atoms with E-state index < -0.39 is 0 Å². The number of amides is 2. The highest BCUT2D eigenvalue weighted by Crippen LogP contribution is 2.30. The maximum atomic E-state index is 12.8. The molecule has 2 amide bonds. The van der Waals surface area contributed by atoms with Crippen LogP contribution >= 0.6 is 0 Å². The zero-order chi connectivity index (χ0) is 20.0. The molecule has 1 aromatic rings. The van der Waals surface area contributed by atoms with Crippen LogP contribution in [0, 0.1) is 11.8 Å². The van der Waals surface area contributed by atoms with Gasteiger partial charge in [0.25, 0.3) is 0 Å². The standard InChI is InChI=1S/C20H29N7O2/c1-14-9-25(11-17-21-5-6-24(17)2)10-16(14)19-22-18-12-26(13-27(18)20(28)23-19)15-3-7-29-8-4-15/h5-6,12,14-16H,3-4,7-11,13H2,1-2H3,(H,22,23,28). The fourth-order valence-electron chi connectivity index (χ4n) is 4.79. The summed E-state index contributed by atoms with van der Waals surface area (Å²) in [6, 6.07) is 0.359. The van der Waals surface area contributed by atoms with Gasteiger partial charge in [0.05, 0.1) is 6.54 Å². The molecule has 9 nitrogen and oxygen atoms in total. The Morgan fingerprint density at radius 1 is 1.28 bits per heavy atom. The van der Waals surface area contributed by atoms with Crippen molar-refractivity contribution in [3.05, 3.63) is 30.2 Å². The van der Waals surface area contributed by atoms with E-state index in [1.807, 2.05) is 19.4 Å². The van der Waals surface area contributed by atoms with Crippen molar-refractivity contribution >= 4 is 11.9 Å². The minimum Gasteiger partial charge on any atom is -0.381 e. The van der Waals surface area contributed by atoms with E-state index in [4.69, 9.17) is 9.73 Å². The number of likely N-dealkylation sites (tertiary alicyclic amines) is 1. The average Bonchev–Trinajstić information content (AvgIpc) is 3.42. The molecule has 29 heavy (non-hydrogen) atoms. The lowest BCUT2D eigenvalue weighted by Crippen LogP contribution is -2.50. The minimum absolute atomic E-state index is 0.0643. The molecule has 5 heterocycles. The predicted octanol–water partition coefficient (Wildman–Crippen LogP) is 1.16. The lowest BCUT2D eigenvalue weighted by Gasteiger charge is -2.32. The number of aryl methyl sites for hydroxylation is 1. The van der Waals surface area contributed by atoms with Crippen molar-refractivity contribution in [1.29, 1.82) is 0 Å². The van der Waals surface area contributed by atoms with Gasteiger partial charge in [0.15, 0.2) is 5.82 Å². The van der Waals surface area contributed by atoms with Gasteiger partial charge in [-0.15, -0.1) is 0 Å². The van der Waals surface area contributed by atoms with Crippen molar-refractivity contribution in [2.24, 2.45) is 23.9 Å². The van der Waals surface area contributed by atoms with Crippen molar-refractivity contribution in [1.82, 2.24) is 29.6 Å². The summed E-state index contributed by atoms with van der Waals surface area (Å²) in [5.41, 5.74) is 0. The highest BCUT2D eigenvalue weighted by molar-refractivity contribution is 6.02. The molecule has 0 bridgehead atoms. The SMILES string of the molecule is CC1CN(Cc2nccn2C)CC1C1=NC2=CN(C3CCOCC3)CN2C(=O)N1. The van der Waals surface area contributed by atoms with Crippen LogP contribution in [0.1, 0.15) is 25.6 Å². The highest BCUT2D eigenvalue weighted by Gasteiger charge is 2.40. The molecular formula is C20H29N7O2. The van der Waals surface area contributed by atoms with E-state index in [1.165, 1.54) is 0 Å². The first-order valence-corrected chi connectivity index (χ1v) is 10.5. The summed E-state index contributed by atoms with van der Waals surface area (Å²) in [5.74, 6) is 3.28. The summed E-state index contributed by atoms with van der Waals surface area (Å²) >= 11 is 0. The Kier molecular flexibility index (Phi) is 4.79. The van der Waals surface area contributed by atoms with Gasteiger partial charge in [-0.1, -0.05) is 6.92 Å². The van der Waals surface area contributed by atoms with Crippen LogP contribution < -0.4 is 5.32 Å². The molecule has 2 saturated heterocycles. The first-order valence-electron chi connectivity index (χ1n) is 10.5. The van der Waals surface area contributed by atoms with E-state index >= 15 is 0 Å². The molecule has 4 aliphatic rings. The zero-order valence-corrected chi connectivity index (χ0v) is 17.1. The van der Waals surface area contributed by atoms with Gasteiger partial charge in [0.2, 0.25) is 0 Å². The van der Waals surface area contributed by atoms with Crippen molar-refractivity contribution in [3.8, 4) is 0 Å². The van der Waals surface area contributed by atoms with Crippen LogP contribution in [0.25, 0.3) is 0 Å². The van der Waals surface area contributed by atoms with Crippen molar-refractivity contribution in [2.75, 3.05) is 33.0 Å². The molecule has 4 aliphatic heterocycles. The number of aliphatic imine (C=N–C) groups is 1. The molecule has 0 aromatic carbocycles. The summed E-state index contributed by atoms with van der Waals surface area (Å²) in [7, 11) is 2.02. The first-order chi connectivity index (χ1) is 14.1. The van der Waals surface area contributed by atoms with Gasteiger partial charge in [0, 0.05) is 63.9 Å². The Morgan fingerprint density at radius 3 is 2.86 bits per heavy atom.